The monoisotopic (exact) mass is 257 g/mol. The van der Waals surface area contributed by atoms with Gasteiger partial charge in [0.05, 0.1) is 0 Å². The van der Waals surface area contributed by atoms with Crippen molar-refractivity contribution in [2.24, 2.45) is 0 Å². The zero-order valence-corrected chi connectivity index (χ0v) is 12.1. The number of hydrogen-bond acceptors (Lipinski definition) is 1. The Morgan fingerprint density at radius 2 is 1.42 bits per heavy atom. The number of piperidine rings is 1. The van der Waals surface area contributed by atoms with Crippen LogP contribution in [0.15, 0.2) is 24.3 Å². The molecule has 0 amide bonds. The Labute approximate surface area is 118 Å². The molecular formula is C18H27N. The molecule has 1 nitrogen and oxygen atoms in total. The fraction of sp³-hybridized carbons (Fsp3) is 0.667. The molecule has 1 heterocycles. The third-order valence-corrected chi connectivity index (χ3v) is 4.91. The summed E-state index contributed by atoms with van der Waals surface area (Å²) in [6.07, 6.45) is 11.3. The first-order chi connectivity index (χ1) is 9.42. The molecule has 104 valence electrons. The van der Waals surface area contributed by atoms with Gasteiger partial charge in [0.15, 0.2) is 0 Å². The molecule has 0 N–H and O–H groups in total. The molecule has 0 unspecified atom stereocenters. The van der Waals surface area contributed by atoms with Gasteiger partial charge in [0.2, 0.25) is 0 Å². The zero-order chi connectivity index (χ0) is 12.9. The Bertz CT molecular complexity index is 369. The highest BCUT2D eigenvalue weighted by Gasteiger charge is 2.15. The highest BCUT2D eigenvalue weighted by molar-refractivity contribution is 5.25. The van der Waals surface area contributed by atoms with Crippen molar-refractivity contribution < 1.29 is 0 Å². The van der Waals surface area contributed by atoms with Gasteiger partial charge in [-0.15, -0.1) is 0 Å². The maximum atomic E-state index is 2.61. The Balaban J connectivity index is 1.58. The van der Waals surface area contributed by atoms with E-state index in [0.29, 0.717) is 0 Å². The molecule has 19 heavy (non-hydrogen) atoms. The molecule has 1 aromatic rings. The predicted octanol–water partition coefficient (Wildman–Crippen LogP) is 4.72. The lowest BCUT2D eigenvalue weighted by molar-refractivity contribution is 0.221. The Morgan fingerprint density at radius 1 is 0.789 bits per heavy atom. The average Bonchev–Trinajstić information content (AvgIpc) is 2.50. The Morgan fingerprint density at radius 3 is 2.11 bits per heavy atom. The summed E-state index contributed by atoms with van der Waals surface area (Å²) in [6.45, 7) is 3.75. The van der Waals surface area contributed by atoms with Crippen molar-refractivity contribution >= 4 is 0 Å². The minimum absolute atomic E-state index is 0.845. The van der Waals surface area contributed by atoms with Crippen LogP contribution in [0.2, 0.25) is 0 Å². The zero-order valence-electron chi connectivity index (χ0n) is 12.1. The van der Waals surface area contributed by atoms with Gasteiger partial charge in [0.1, 0.15) is 0 Å². The molecule has 0 spiro atoms. The maximum absolute atomic E-state index is 2.61. The van der Waals surface area contributed by atoms with Gasteiger partial charge < -0.3 is 0 Å². The molecule has 0 radical (unpaired) electrons. The second-order valence-electron chi connectivity index (χ2n) is 6.41. The molecule has 0 atom stereocenters. The van der Waals surface area contributed by atoms with Crippen LogP contribution in [0.5, 0.6) is 0 Å². The number of hydrogen-bond donors (Lipinski definition) is 0. The first-order valence-electron chi connectivity index (χ1n) is 8.23. The van der Waals surface area contributed by atoms with Crippen LogP contribution in [-0.4, -0.2) is 18.0 Å². The van der Waals surface area contributed by atoms with E-state index in [1.54, 1.807) is 5.56 Å². The fourth-order valence-electron chi connectivity index (χ4n) is 3.71. The molecular weight excluding hydrogens is 230 g/mol. The Hall–Kier alpha value is -0.820. The smallest absolute Gasteiger partial charge is 0.0233 e. The lowest BCUT2D eigenvalue weighted by Gasteiger charge is -2.27. The van der Waals surface area contributed by atoms with Crippen molar-refractivity contribution in [3.05, 3.63) is 35.4 Å². The van der Waals surface area contributed by atoms with Crippen molar-refractivity contribution in [2.45, 2.75) is 63.8 Å². The SMILES string of the molecule is c1cc(C2CCCCC2)ccc1CN1CCCCC1. The van der Waals surface area contributed by atoms with E-state index in [1.807, 2.05) is 0 Å². The molecule has 2 fully saturated rings. The van der Waals surface area contributed by atoms with Crippen molar-refractivity contribution in [1.29, 1.82) is 0 Å². The summed E-state index contributed by atoms with van der Waals surface area (Å²) >= 11 is 0. The summed E-state index contributed by atoms with van der Waals surface area (Å²) in [6, 6.07) is 9.54. The lowest BCUT2D eigenvalue weighted by atomic mass is 9.84. The minimum Gasteiger partial charge on any atom is -0.299 e. The van der Waals surface area contributed by atoms with Gasteiger partial charge in [0, 0.05) is 6.54 Å². The third-order valence-electron chi connectivity index (χ3n) is 4.91. The van der Waals surface area contributed by atoms with E-state index in [1.165, 1.54) is 70.0 Å². The van der Waals surface area contributed by atoms with Crippen molar-refractivity contribution in [3.63, 3.8) is 0 Å². The molecule has 0 aromatic heterocycles. The first-order valence-corrected chi connectivity index (χ1v) is 8.23. The highest BCUT2D eigenvalue weighted by atomic mass is 15.1. The molecule has 1 aliphatic heterocycles. The van der Waals surface area contributed by atoms with E-state index in [0.717, 1.165) is 12.5 Å². The standard InChI is InChI=1S/C18H27N/c1-3-7-17(8-4-1)18-11-9-16(10-12-18)15-19-13-5-2-6-14-19/h9-12,17H,1-8,13-15H2. The number of nitrogens with zero attached hydrogens (tertiary/aromatic N) is 1. The van der Waals surface area contributed by atoms with Crippen molar-refractivity contribution in [2.75, 3.05) is 13.1 Å². The van der Waals surface area contributed by atoms with Crippen LogP contribution >= 0.6 is 0 Å². The fourth-order valence-corrected chi connectivity index (χ4v) is 3.71. The summed E-state index contributed by atoms with van der Waals surface area (Å²) in [7, 11) is 0. The van der Waals surface area contributed by atoms with Crippen LogP contribution in [0.3, 0.4) is 0 Å². The van der Waals surface area contributed by atoms with Crippen LogP contribution in [0.1, 0.15) is 68.4 Å². The lowest BCUT2D eigenvalue weighted by Crippen LogP contribution is -2.29. The predicted molar refractivity (Wildman–Crippen MR) is 81.4 cm³/mol. The molecule has 1 aliphatic carbocycles. The van der Waals surface area contributed by atoms with Gasteiger partial charge in [-0.2, -0.15) is 0 Å². The first kappa shape index (κ1) is 13.2. The van der Waals surface area contributed by atoms with Gasteiger partial charge in [0.25, 0.3) is 0 Å². The molecule has 1 saturated heterocycles. The van der Waals surface area contributed by atoms with Crippen LogP contribution in [0, 0.1) is 0 Å². The number of rotatable bonds is 3. The van der Waals surface area contributed by atoms with E-state index in [9.17, 15) is 0 Å². The minimum atomic E-state index is 0.845. The molecule has 1 aromatic carbocycles. The largest absolute Gasteiger partial charge is 0.299 e. The molecule has 3 rings (SSSR count). The quantitative estimate of drug-likeness (QED) is 0.757. The summed E-state index contributed by atoms with van der Waals surface area (Å²) in [4.78, 5) is 2.61. The second-order valence-corrected chi connectivity index (χ2v) is 6.41. The molecule has 0 bridgehead atoms. The number of likely N-dealkylation sites (tertiary alicyclic amines) is 1. The summed E-state index contributed by atoms with van der Waals surface area (Å²) in [5, 5.41) is 0. The van der Waals surface area contributed by atoms with Crippen LogP contribution in [0.4, 0.5) is 0 Å². The highest BCUT2D eigenvalue weighted by Crippen LogP contribution is 2.32. The van der Waals surface area contributed by atoms with E-state index >= 15 is 0 Å². The molecule has 1 heteroatoms. The van der Waals surface area contributed by atoms with E-state index < -0.39 is 0 Å². The van der Waals surface area contributed by atoms with Gasteiger partial charge >= 0.3 is 0 Å². The van der Waals surface area contributed by atoms with Gasteiger partial charge in [-0.3, -0.25) is 4.90 Å². The number of benzene rings is 1. The third kappa shape index (κ3) is 3.60. The maximum Gasteiger partial charge on any atom is 0.0233 e. The van der Waals surface area contributed by atoms with Gasteiger partial charge in [-0.25, -0.2) is 0 Å². The average molecular weight is 257 g/mol. The van der Waals surface area contributed by atoms with Crippen LogP contribution in [-0.2, 0) is 6.54 Å². The van der Waals surface area contributed by atoms with Gasteiger partial charge in [-0.1, -0.05) is 49.9 Å². The normalized spacial score (nSPS) is 22.5. The van der Waals surface area contributed by atoms with E-state index in [-0.39, 0.29) is 0 Å². The van der Waals surface area contributed by atoms with Crippen LogP contribution in [0.25, 0.3) is 0 Å². The van der Waals surface area contributed by atoms with E-state index in [4.69, 9.17) is 0 Å². The van der Waals surface area contributed by atoms with E-state index in [2.05, 4.69) is 29.2 Å². The Kier molecular flexibility index (Phi) is 4.55. The van der Waals surface area contributed by atoms with Gasteiger partial charge in [-0.05, 0) is 55.8 Å². The molecule has 1 saturated carbocycles. The topological polar surface area (TPSA) is 3.24 Å². The summed E-state index contributed by atoms with van der Waals surface area (Å²) in [5.41, 5.74) is 3.09. The summed E-state index contributed by atoms with van der Waals surface area (Å²) < 4.78 is 0. The second kappa shape index (κ2) is 6.56. The summed E-state index contributed by atoms with van der Waals surface area (Å²) in [5.74, 6) is 0.845. The van der Waals surface area contributed by atoms with Crippen molar-refractivity contribution in [1.82, 2.24) is 4.90 Å². The van der Waals surface area contributed by atoms with Crippen LogP contribution < -0.4 is 0 Å². The molecule has 2 aliphatic rings. The van der Waals surface area contributed by atoms with Crippen molar-refractivity contribution in [3.8, 4) is 0 Å².